The van der Waals surface area contributed by atoms with Gasteiger partial charge in [0.25, 0.3) is 0 Å². The van der Waals surface area contributed by atoms with Crippen LogP contribution in [0.5, 0.6) is 0 Å². The maximum absolute atomic E-state index is 7.78. The van der Waals surface area contributed by atoms with Crippen LogP contribution in [-0.2, 0) is 80.2 Å². The molecule has 0 saturated carbocycles. The van der Waals surface area contributed by atoms with Crippen molar-refractivity contribution in [2.75, 3.05) is 6.61 Å². The van der Waals surface area contributed by atoms with Crippen LogP contribution in [0.4, 0.5) is 0 Å². The van der Waals surface area contributed by atoms with E-state index in [2.05, 4.69) is 80.2 Å². The van der Waals surface area contributed by atoms with Gasteiger partial charge in [0.15, 0.2) is 12.9 Å². The van der Waals surface area contributed by atoms with E-state index in [1.807, 2.05) is 0 Å². The quantitative estimate of drug-likeness (QED) is 0.130. The first-order valence-corrected chi connectivity index (χ1v) is 4.09. The molecule has 0 bridgehead atoms. The molecule has 132 valence electrons. The van der Waals surface area contributed by atoms with E-state index in [9.17, 15) is 0 Å². The van der Waals surface area contributed by atoms with Crippen LogP contribution in [0.3, 0.4) is 0 Å². The van der Waals surface area contributed by atoms with E-state index in [1.165, 1.54) is 0 Å². The van der Waals surface area contributed by atoms with Gasteiger partial charge in [-0.3, -0.25) is 0 Å². The molecular weight excluding hydrogens is 340 g/mol. The summed E-state index contributed by atoms with van der Waals surface area (Å²) >= 11 is 0. The summed E-state index contributed by atoms with van der Waals surface area (Å²) in [5.41, 5.74) is 0. The highest BCUT2D eigenvalue weighted by Gasteiger charge is 2.06. The molecule has 19 nitrogen and oxygen atoms in total. The molecule has 0 heterocycles. The van der Waals surface area contributed by atoms with Gasteiger partial charge in [-0.15, -0.1) is 0 Å². The molecule has 19 heteroatoms. The number of hydrogen-bond donors (Lipinski definition) is 3. The smallest absolute Gasteiger partial charge is 0.213 e. The van der Waals surface area contributed by atoms with Gasteiger partial charge in [0.1, 0.15) is 0 Å². The molecule has 0 aromatic carbocycles. The van der Waals surface area contributed by atoms with Crippen LogP contribution < -0.4 is 0 Å². The Bertz CT molecular complexity index is 221. The molecule has 3 N–H and O–H groups in total. The monoisotopic (exact) mass is 346 g/mol. The van der Waals surface area contributed by atoms with E-state index < -0.39 is 12.4 Å². The molecular formula is C3H6O19. The maximum Gasteiger partial charge on any atom is 0.213 e. The van der Waals surface area contributed by atoms with Gasteiger partial charge in [0.05, 0.1) is 0 Å². The van der Waals surface area contributed by atoms with Gasteiger partial charge in [-0.25, -0.2) is 15.8 Å². The second kappa shape index (κ2) is 17.7. The summed E-state index contributed by atoms with van der Waals surface area (Å²) in [6.45, 7) is -0.668. The first-order valence-electron chi connectivity index (χ1n) is 4.09. The summed E-state index contributed by atoms with van der Waals surface area (Å²) in [5.74, 6) is -0.470. The van der Waals surface area contributed by atoms with E-state index >= 15 is 0 Å². The van der Waals surface area contributed by atoms with E-state index in [0.717, 1.165) is 0 Å². The van der Waals surface area contributed by atoms with Crippen molar-refractivity contribution in [2.24, 2.45) is 0 Å². The van der Waals surface area contributed by atoms with E-state index in [4.69, 9.17) is 15.8 Å². The lowest BCUT2D eigenvalue weighted by molar-refractivity contribution is -0.810. The number of rotatable bonds is 17. The standard InChI is InChI=1S/C3H6O19/c4-10-13-7-1-3(2-8-14-18-20-16-11-5)9-15-19-22-21-17-12-6/h1,4-6H,2H2/b3-1-. The van der Waals surface area contributed by atoms with Crippen molar-refractivity contribution in [3.8, 4) is 0 Å². The van der Waals surface area contributed by atoms with Gasteiger partial charge in [0.2, 0.25) is 5.76 Å². The van der Waals surface area contributed by atoms with Crippen molar-refractivity contribution >= 4 is 0 Å². The van der Waals surface area contributed by atoms with Gasteiger partial charge in [-0.2, -0.15) is 4.89 Å². The Labute approximate surface area is 116 Å². The topological polar surface area (TPSA) is 208 Å². The lowest BCUT2D eigenvalue weighted by atomic mass is 10.6. The minimum Gasteiger partial charge on any atom is -0.310 e. The van der Waals surface area contributed by atoms with E-state index in [0.29, 0.717) is 6.26 Å². The summed E-state index contributed by atoms with van der Waals surface area (Å²) < 4.78 is 0. The highest BCUT2D eigenvalue weighted by Crippen LogP contribution is 2.03. The SMILES string of the molecule is OOOO/C=C(/COOOOOOO)OOOOOOOO. The Hall–Kier alpha value is -1.34. The van der Waals surface area contributed by atoms with Crippen molar-refractivity contribution in [1.29, 1.82) is 0 Å². The van der Waals surface area contributed by atoms with Crippen molar-refractivity contribution < 1.29 is 95.9 Å². The Balaban J connectivity index is 3.77. The van der Waals surface area contributed by atoms with Crippen molar-refractivity contribution in [1.82, 2.24) is 0 Å². The molecule has 0 spiro atoms. The van der Waals surface area contributed by atoms with Crippen LogP contribution in [0, 0.1) is 0 Å². The van der Waals surface area contributed by atoms with Crippen LogP contribution >= 0.6 is 0 Å². The Morgan fingerprint density at radius 2 is 1.18 bits per heavy atom. The lowest BCUT2D eigenvalue weighted by Gasteiger charge is -2.04. The molecule has 0 fully saturated rings. The van der Waals surface area contributed by atoms with Gasteiger partial charge in [0, 0.05) is 20.2 Å². The molecule has 22 heavy (non-hydrogen) atoms. The molecule has 0 atom stereocenters. The summed E-state index contributed by atoms with van der Waals surface area (Å²) in [4.78, 5) is 12.4. The van der Waals surface area contributed by atoms with Crippen LogP contribution in [0.25, 0.3) is 0 Å². The largest absolute Gasteiger partial charge is 0.310 e. The van der Waals surface area contributed by atoms with Gasteiger partial charge in [-0.05, 0) is 45.3 Å². The van der Waals surface area contributed by atoms with E-state index in [-0.39, 0.29) is 0 Å². The third-order valence-corrected chi connectivity index (χ3v) is 0.895. The fourth-order valence-corrected chi connectivity index (χ4v) is 0.409. The molecule has 0 aliphatic rings. The van der Waals surface area contributed by atoms with Crippen molar-refractivity contribution in [3.63, 3.8) is 0 Å². The molecule has 0 aromatic heterocycles. The molecule has 0 amide bonds. The predicted molar refractivity (Wildman–Crippen MR) is 38.2 cm³/mol. The van der Waals surface area contributed by atoms with Crippen LogP contribution in [-0.4, -0.2) is 22.4 Å². The van der Waals surface area contributed by atoms with Crippen LogP contribution in [0.2, 0.25) is 0 Å². The molecule has 0 aliphatic heterocycles. The average molecular weight is 346 g/mol. The minimum absolute atomic E-state index is 0.470. The molecule has 0 rings (SSSR count). The molecule has 0 aliphatic carbocycles. The molecule has 0 radical (unpaired) electrons. The second-order valence-electron chi connectivity index (χ2n) is 1.93. The fourth-order valence-electron chi connectivity index (χ4n) is 0.409. The fraction of sp³-hybridized carbons (Fsp3) is 0.333. The second-order valence-corrected chi connectivity index (χ2v) is 1.93. The van der Waals surface area contributed by atoms with Crippen LogP contribution in [0.15, 0.2) is 12.0 Å². The summed E-state index contributed by atoms with van der Waals surface area (Å²) in [6.07, 6.45) is 0.561. The zero-order valence-corrected chi connectivity index (χ0v) is 9.66. The first kappa shape index (κ1) is 20.7. The van der Waals surface area contributed by atoms with Gasteiger partial charge >= 0.3 is 0 Å². The highest BCUT2D eigenvalue weighted by molar-refractivity contribution is 4.84. The minimum atomic E-state index is -0.668. The normalized spacial score (nSPS) is 11.7. The summed E-state index contributed by atoms with van der Waals surface area (Å²) in [7, 11) is 0. The first-order chi connectivity index (χ1) is 10.8. The lowest BCUT2D eigenvalue weighted by Crippen LogP contribution is -2.07. The zero-order valence-electron chi connectivity index (χ0n) is 9.66. The van der Waals surface area contributed by atoms with Crippen molar-refractivity contribution in [3.05, 3.63) is 12.0 Å². The predicted octanol–water partition coefficient (Wildman–Crippen LogP) is -0.593. The Kier molecular flexibility index (Phi) is 16.6. The summed E-state index contributed by atoms with van der Waals surface area (Å²) in [6, 6.07) is 0. The Morgan fingerprint density at radius 1 is 0.636 bits per heavy atom. The Morgan fingerprint density at radius 3 is 1.82 bits per heavy atom. The van der Waals surface area contributed by atoms with Gasteiger partial charge < -0.3 is 9.78 Å². The third kappa shape index (κ3) is 15.1. The summed E-state index contributed by atoms with van der Waals surface area (Å²) in [5, 5.41) is 67.3. The van der Waals surface area contributed by atoms with Crippen LogP contribution in [0.1, 0.15) is 0 Å². The third-order valence-electron chi connectivity index (χ3n) is 0.895. The van der Waals surface area contributed by atoms with Crippen molar-refractivity contribution in [2.45, 2.75) is 0 Å². The average Bonchev–Trinajstić information content (AvgIpc) is 2.53. The molecule has 0 unspecified atom stereocenters. The zero-order chi connectivity index (χ0) is 16.3. The number of hydrogen-bond acceptors (Lipinski definition) is 19. The molecule has 0 saturated heterocycles. The molecule has 0 aromatic rings. The highest BCUT2D eigenvalue weighted by atomic mass is 17.9. The maximum atomic E-state index is 7.78. The van der Waals surface area contributed by atoms with Gasteiger partial charge in [-0.1, -0.05) is 0 Å². The van der Waals surface area contributed by atoms with E-state index in [1.54, 1.807) is 0 Å².